The molecule has 1 atom stereocenters. The lowest BCUT2D eigenvalue weighted by molar-refractivity contribution is 0.0988. The number of aromatic amines is 1. The predicted octanol–water partition coefficient (Wildman–Crippen LogP) is 4.92. The average Bonchev–Trinajstić information content (AvgIpc) is 3.39. The molecule has 0 radical (unpaired) electrons. The summed E-state index contributed by atoms with van der Waals surface area (Å²) in [5.41, 5.74) is 5.69. The lowest BCUT2D eigenvalue weighted by Gasteiger charge is -2.29. The molecule has 7 heteroatoms. The molecule has 3 heterocycles. The second-order valence-electron chi connectivity index (χ2n) is 9.10. The van der Waals surface area contributed by atoms with Gasteiger partial charge in [-0.2, -0.15) is 5.10 Å². The van der Waals surface area contributed by atoms with E-state index in [2.05, 4.69) is 40.9 Å². The predicted molar refractivity (Wildman–Crippen MR) is 126 cm³/mol. The highest BCUT2D eigenvalue weighted by atomic mass is 16.5. The molecule has 7 nitrogen and oxygen atoms in total. The summed E-state index contributed by atoms with van der Waals surface area (Å²) < 4.78 is 5.69. The molecule has 5 rings (SSSR count). The van der Waals surface area contributed by atoms with Crippen molar-refractivity contribution in [2.45, 2.75) is 32.2 Å². The fourth-order valence-corrected chi connectivity index (χ4v) is 4.43. The molecule has 2 aromatic carbocycles. The maximum atomic E-state index is 13.7. The number of para-hydroxylation sites is 1. The number of carbonyl (C=O) groups excluding carboxylic acids is 1. The number of nitrogens with zero attached hydrogens (tertiary/aromatic N) is 4. The summed E-state index contributed by atoms with van der Waals surface area (Å²) in [6.45, 7) is 6.35. The van der Waals surface area contributed by atoms with E-state index in [9.17, 15) is 4.79 Å². The standard InChI is InChI=1S/C26H25N5O2/c1-26(2,3)24-21-22(29-30-24)25(32)31(23(21)19-7-5-6-8-20(19)33-4)18-11-9-16(10-12-18)17-13-27-15-28-14-17/h5-15,23H,1-4H3,(H,29,30). The van der Waals surface area contributed by atoms with Crippen LogP contribution in [0.5, 0.6) is 5.75 Å². The fourth-order valence-electron chi connectivity index (χ4n) is 4.43. The number of aromatic nitrogens is 4. The number of fused-ring (bicyclic) bond motifs is 1. The molecule has 1 unspecified atom stereocenters. The van der Waals surface area contributed by atoms with Crippen molar-refractivity contribution >= 4 is 11.6 Å². The third-order valence-corrected chi connectivity index (χ3v) is 5.98. The van der Waals surface area contributed by atoms with Crippen molar-refractivity contribution in [2.75, 3.05) is 12.0 Å². The first-order chi connectivity index (χ1) is 15.9. The van der Waals surface area contributed by atoms with Crippen LogP contribution in [0.3, 0.4) is 0 Å². The summed E-state index contributed by atoms with van der Waals surface area (Å²) in [6.07, 6.45) is 5.05. The molecule has 0 spiro atoms. The van der Waals surface area contributed by atoms with Crippen LogP contribution < -0.4 is 9.64 Å². The molecule has 0 bridgehead atoms. The summed E-state index contributed by atoms with van der Waals surface area (Å²) in [5, 5.41) is 7.58. The molecule has 0 aliphatic carbocycles. The minimum Gasteiger partial charge on any atom is -0.496 e. The first-order valence-corrected chi connectivity index (χ1v) is 10.8. The zero-order chi connectivity index (χ0) is 23.2. The third kappa shape index (κ3) is 3.46. The molecule has 166 valence electrons. The summed E-state index contributed by atoms with van der Waals surface area (Å²) in [6, 6.07) is 15.3. The second-order valence-corrected chi connectivity index (χ2v) is 9.10. The molecule has 0 saturated carbocycles. The Labute approximate surface area is 192 Å². The maximum absolute atomic E-state index is 13.7. The van der Waals surface area contributed by atoms with Gasteiger partial charge < -0.3 is 4.74 Å². The Kier molecular flexibility index (Phi) is 4.96. The SMILES string of the molecule is COc1ccccc1C1c2c(n[nH]c2C(C)(C)C)C(=O)N1c1ccc(-c2cncnc2)cc1. The second kappa shape index (κ2) is 7.85. The smallest absolute Gasteiger partial charge is 0.280 e. The number of hydrogen-bond donors (Lipinski definition) is 1. The van der Waals surface area contributed by atoms with E-state index in [0.717, 1.165) is 39.4 Å². The van der Waals surface area contributed by atoms with Crippen molar-refractivity contribution in [1.82, 2.24) is 20.2 Å². The van der Waals surface area contributed by atoms with Crippen LogP contribution >= 0.6 is 0 Å². The summed E-state index contributed by atoms with van der Waals surface area (Å²) >= 11 is 0. The molecule has 0 saturated heterocycles. The van der Waals surface area contributed by atoms with Gasteiger partial charge >= 0.3 is 0 Å². The van der Waals surface area contributed by atoms with Crippen LogP contribution in [0.25, 0.3) is 11.1 Å². The Bertz CT molecular complexity index is 1310. The molecular formula is C26H25N5O2. The van der Waals surface area contributed by atoms with E-state index in [1.165, 1.54) is 6.33 Å². The number of ether oxygens (including phenoxy) is 1. The molecule has 1 N–H and O–H groups in total. The number of anilines is 1. The lowest BCUT2D eigenvalue weighted by atomic mass is 9.85. The topological polar surface area (TPSA) is 84.0 Å². The number of benzene rings is 2. The third-order valence-electron chi connectivity index (χ3n) is 5.98. The molecule has 1 aliphatic rings. The van der Waals surface area contributed by atoms with Gasteiger partial charge in [0.2, 0.25) is 0 Å². The van der Waals surface area contributed by atoms with Crippen molar-refractivity contribution in [3.05, 3.63) is 89.8 Å². The van der Waals surface area contributed by atoms with E-state index in [4.69, 9.17) is 4.74 Å². The van der Waals surface area contributed by atoms with Gasteiger partial charge in [0.15, 0.2) is 5.69 Å². The number of amides is 1. The summed E-state index contributed by atoms with van der Waals surface area (Å²) in [5.74, 6) is 0.593. The first-order valence-electron chi connectivity index (χ1n) is 10.8. The van der Waals surface area contributed by atoms with Crippen LogP contribution in [-0.4, -0.2) is 33.2 Å². The zero-order valence-electron chi connectivity index (χ0n) is 19.0. The van der Waals surface area contributed by atoms with Gasteiger partial charge in [-0.3, -0.25) is 14.8 Å². The Balaban J connectivity index is 1.66. The highest BCUT2D eigenvalue weighted by molar-refractivity contribution is 6.11. The fraction of sp³-hybridized carbons (Fsp3) is 0.231. The molecule has 2 aromatic heterocycles. The monoisotopic (exact) mass is 439 g/mol. The first kappa shape index (κ1) is 20.9. The minimum atomic E-state index is -0.359. The normalized spacial score (nSPS) is 15.6. The van der Waals surface area contributed by atoms with Gasteiger partial charge in [0.05, 0.1) is 13.2 Å². The van der Waals surface area contributed by atoms with Crippen molar-refractivity contribution in [2.24, 2.45) is 0 Å². The van der Waals surface area contributed by atoms with Crippen molar-refractivity contribution in [3.8, 4) is 16.9 Å². The Morgan fingerprint density at radius 2 is 1.67 bits per heavy atom. The lowest BCUT2D eigenvalue weighted by Crippen LogP contribution is -2.30. The van der Waals surface area contributed by atoms with Gasteiger partial charge in [0, 0.05) is 45.9 Å². The van der Waals surface area contributed by atoms with Crippen LogP contribution in [0, 0.1) is 0 Å². The Morgan fingerprint density at radius 1 is 0.970 bits per heavy atom. The average molecular weight is 440 g/mol. The van der Waals surface area contributed by atoms with E-state index in [-0.39, 0.29) is 17.4 Å². The maximum Gasteiger partial charge on any atom is 0.280 e. The van der Waals surface area contributed by atoms with E-state index in [1.54, 1.807) is 19.5 Å². The minimum absolute atomic E-state index is 0.136. The van der Waals surface area contributed by atoms with Crippen LogP contribution in [0.1, 0.15) is 54.1 Å². The van der Waals surface area contributed by atoms with Gasteiger partial charge in [-0.1, -0.05) is 51.1 Å². The number of nitrogens with one attached hydrogen (secondary N) is 1. The molecule has 1 amide bonds. The number of methoxy groups -OCH3 is 1. The van der Waals surface area contributed by atoms with Gasteiger partial charge in [-0.15, -0.1) is 0 Å². The highest BCUT2D eigenvalue weighted by Crippen LogP contribution is 2.47. The summed E-state index contributed by atoms with van der Waals surface area (Å²) in [7, 11) is 1.65. The number of rotatable bonds is 4. The number of carbonyl (C=O) groups is 1. The van der Waals surface area contributed by atoms with Crippen LogP contribution in [0.15, 0.2) is 67.3 Å². The zero-order valence-corrected chi connectivity index (χ0v) is 19.0. The molecule has 1 aliphatic heterocycles. The quantitative estimate of drug-likeness (QED) is 0.488. The van der Waals surface area contributed by atoms with E-state index in [0.29, 0.717) is 5.69 Å². The van der Waals surface area contributed by atoms with Crippen LogP contribution in [0.4, 0.5) is 5.69 Å². The van der Waals surface area contributed by atoms with Crippen LogP contribution in [-0.2, 0) is 5.41 Å². The number of H-pyrrole nitrogens is 1. The van der Waals surface area contributed by atoms with E-state index >= 15 is 0 Å². The molecular weight excluding hydrogens is 414 g/mol. The molecule has 33 heavy (non-hydrogen) atoms. The Hall–Kier alpha value is -4.00. The highest BCUT2D eigenvalue weighted by Gasteiger charge is 2.45. The van der Waals surface area contributed by atoms with Crippen molar-refractivity contribution in [1.29, 1.82) is 0 Å². The molecule has 4 aromatic rings. The van der Waals surface area contributed by atoms with E-state index in [1.807, 2.05) is 53.4 Å². The Morgan fingerprint density at radius 3 is 2.33 bits per heavy atom. The van der Waals surface area contributed by atoms with E-state index < -0.39 is 0 Å². The number of hydrogen-bond acceptors (Lipinski definition) is 5. The summed E-state index contributed by atoms with van der Waals surface area (Å²) in [4.78, 5) is 23.7. The van der Waals surface area contributed by atoms with Crippen molar-refractivity contribution < 1.29 is 9.53 Å². The van der Waals surface area contributed by atoms with Gasteiger partial charge in [0.1, 0.15) is 12.1 Å². The van der Waals surface area contributed by atoms with Gasteiger partial charge in [-0.05, 0) is 23.8 Å². The van der Waals surface area contributed by atoms with Crippen molar-refractivity contribution in [3.63, 3.8) is 0 Å². The largest absolute Gasteiger partial charge is 0.496 e. The van der Waals surface area contributed by atoms with Gasteiger partial charge in [0.25, 0.3) is 5.91 Å². The van der Waals surface area contributed by atoms with Crippen LogP contribution in [0.2, 0.25) is 0 Å². The van der Waals surface area contributed by atoms with Gasteiger partial charge in [-0.25, -0.2) is 9.97 Å². The molecule has 0 fully saturated rings.